The minimum Gasteiger partial charge on any atom is -0.336 e. The maximum atomic E-state index is 13.5. The van der Waals surface area contributed by atoms with E-state index in [1.807, 2.05) is 6.07 Å². The van der Waals surface area contributed by atoms with Crippen molar-refractivity contribution in [1.82, 2.24) is 5.32 Å². The number of hydrogen-bond acceptors (Lipinski definition) is 3. The highest BCUT2D eigenvalue weighted by Gasteiger charge is 2.46. The lowest BCUT2D eigenvalue weighted by molar-refractivity contribution is -0.125. The molecule has 100 valence electrons. The van der Waals surface area contributed by atoms with Crippen LogP contribution in [-0.2, 0) is 4.79 Å². The predicted molar refractivity (Wildman–Crippen MR) is 60.6 cm³/mol. The molecular weight excluding hydrogens is 240 g/mol. The van der Waals surface area contributed by atoms with E-state index in [-0.39, 0.29) is 12.3 Å². The fourth-order valence-corrected chi connectivity index (χ4v) is 1.96. The van der Waals surface area contributed by atoms with Crippen molar-refractivity contribution in [2.75, 3.05) is 0 Å². The van der Waals surface area contributed by atoms with Crippen molar-refractivity contribution in [3.8, 4) is 6.07 Å². The molecule has 2 aliphatic carbocycles. The van der Waals surface area contributed by atoms with Gasteiger partial charge in [0.15, 0.2) is 0 Å². The first-order valence-electron chi connectivity index (χ1n) is 6.22. The topological polar surface area (TPSA) is 78.9 Å². The number of halogens is 2. The van der Waals surface area contributed by atoms with Crippen LogP contribution in [0.2, 0.25) is 0 Å². The third-order valence-corrected chi connectivity index (χ3v) is 3.47. The summed E-state index contributed by atoms with van der Waals surface area (Å²) < 4.78 is 27.1. The molecule has 2 aliphatic rings. The van der Waals surface area contributed by atoms with E-state index in [1.165, 1.54) is 0 Å². The highest BCUT2D eigenvalue weighted by molar-refractivity contribution is 5.83. The quantitative estimate of drug-likeness (QED) is 0.753. The molecule has 0 spiro atoms. The number of amides is 1. The Morgan fingerprint density at radius 2 is 2.17 bits per heavy atom. The lowest BCUT2D eigenvalue weighted by Crippen LogP contribution is -2.48. The lowest BCUT2D eigenvalue weighted by atomic mass is 10.0. The van der Waals surface area contributed by atoms with E-state index < -0.39 is 29.8 Å². The summed E-state index contributed by atoms with van der Waals surface area (Å²) >= 11 is 0. The van der Waals surface area contributed by atoms with Crippen molar-refractivity contribution in [2.45, 2.75) is 56.0 Å². The Morgan fingerprint density at radius 3 is 2.61 bits per heavy atom. The molecule has 6 heteroatoms. The maximum Gasteiger partial charge on any atom is 0.250 e. The van der Waals surface area contributed by atoms with Crippen LogP contribution in [0.1, 0.15) is 38.5 Å². The lowest BCUT2D eigenvalue weighted by Gasteiger charge is -2.21. The first-order valence-corrected chi connectivity index (χ1v) is 6.22. The summed E-state index contributed by atoms with van der Waals surface area (Å²) in [5.41, 5.74) is 4.64. The van der Waals surface area contributed by atoms with Gasteiger partial charge in [-0.05, 0) is 31.6 Å². The van der Waals surface area contributed by atoms with Crippen LogP contribution in [0.5, 0.6) is 0 Å². The molecule has 3 N–H and O–H groups in total. The number of carbonyl (C=O) groups is 1. The van der Waals surface area contributed by atoms with Crippen LogP contribution in [-0.4, -0.2) is 23.4 Å². The first kappa shape index (κ1) is 13.2. The van der Waals surface area contributed by atoms with E-state index in [0.29, 0.717) is 12.8 Å². The SMILES string of the molecule is N#CC1(NC(=O)[C@@H](N)CC(F)(F)CC2CC2)CC1. The van der Waals surface area contributed by atoms with Gasteiger partial charge in [0.1, 0.15) is 5.54 Å². The molecule has 0 unspecified atom stereocenters. The number of nitrogens with two attached hydrogens (primary N) is 1. The van der Waals surface area contributed by atoms with Crippen LogP contribution in [0.25, 0.3) is 0 Å². The van der Waals surface area contributed by atoms with Crippen molar-refractivity contribution in [3.05, 3.63) is 0 Å². The zero-order chi connectivity index (χ0) is 13.4. The molecule has 2 fully saturated rings. The summed E-state index contributed by atoms with van der Waals surface area (Å²) in [4.78, 5) is 11.6. The van der Waals surface area contributed by atoms with Crippen molar-refractivity contribution in [2.24, 2.45) is 11.7 Å². The fourth-order valence-electron chi connectivity index (χ4n) is 1.96. The Labute approximate surface area is 105 Å². The molecule has 0 aliphatic heterocycles. The van der Waals surface area contributed by atoms with Gasteiger partial charge in [0.05, 0.1) is 12.1 Å². The Bertz CT molecular complexity index is 383. The molecule has 0 aromatic rings. The Hall–Kier alpha value is -1.22. The van der Waals surface area contributed by atoms with E-state index in [9.17, 15) is 13.6 Å². The highest BCUT2D eigenvalue weighted by Crippen LogP contribution is 2.41. The zero-order valence-electron chi connectivity index (χ0n) is 10.1. The number of nitriles is 1. The van der Waals surface area contributed by atoms with Crippen molar-refractivity contribution in [1.29, 1.82) is 5.26 Å². The van der Waals surface area contributed by atoms with Gasteiger partial charge in [-0.15, -0.1) is 0 Å². The zero-order valence-corrected chi connectivity index (χ0v) is 10.1. The summed E-state index contributed by atoms with van der Waals surface area (Å²) in [6.45, 7) is 0. The third-order valence-electron chi connectivity index (χ3n) is 3.47. The number of carbonyl (C=O) groups excluding carboxylic acids is 1. The molecule has 2 rings (SSSR count). The summed E-state index contributed by atoms with van der Waals surface area (Å²) in [7, 11) is 0. The van der Waals surface area contributed by atoms with Crippen LogP contribution in [0.3, 0.4) is 0 Å². The van der Waals surface area contributed by atoms with Gasteiger partial charge < -0.3 is 11.1 Å². The molecule has 18 heavy (non-hydrogen) atoms. The molecule has 0 radical (unpaired) electrons. The monoisotopic (exact) mass is 257 g/mol. The summed E-state index contributed by atoms with van der Waals surface area (Å²) in [5, 5.41) is 11.2. The molecule has 0 heterocycles. The van der Waals surface area contributed by atoms with Gasteiger partial charge in [-0.1, -0.05) is 0 Å². The van der Waals surface area contributed by atoms with E-state index in [4.69, 9.17) is 11.0 Å². The van der Waals surface area contributed by atoms with E-state index in [0.717, 1.165) is 12.8 Å². The number of alkyl halides is 2. The van der Waals surface area contributed by atoms with Crippen molar-refractivity contribution < 1.29 is 13.6 Å². The van der Waals surface area contributed by atoms with Crippen LogP contribution >= 0.6 is 0 Å². The molecule has 2 saturated carbocycles. The molecule has 0 aromatic heterocycles. The van der Waals surface area contributed by atoms with Gasteiger partial charge in [-0.2, -0.15) is 5.26 Å². The van der Waals surface area contributed by atoms with Gasteiger partial charge in [0.2, 0.25) is 11.8 Å². The summed E-state index contributed by atoms with van der Waals surface area (Å²) in [6.07, 6.45) is 2.00. The smallest absolute Gasteiger partial charge is 0.250 e. The number of rotatable bonds is 6. The summed E-state index contributed by atoms with van der Waals surface area (Å²) in [6, 6.07) is 0.722. The second kappa shape index (κ2) is 4.47. The minimum atomic E-state index is -2.89. The molecule has 0 saturated heterocycles. The minimum absolute atomic E-state index is 0.0872. The predicted octanol–water partition coefficient (Wildman–Crippen LogP) is 1.31. The first-order chi connectivity index (χ1) is 8.36. The number of nitrogens with one attached hydrogen (secondary N) is 1. The van der Waals surface area contributed by atoms with Gasteiger partial charge >= 0.3 is 0 Å². The second-order valence-corrected chi connectivity index (χ2v) is 5.50. The van der Waals surface area contributed by atoms with Crippen LogP contribution < -0.4 is 11.1 Å². The normalized spacial score (nSPS) is 23.0. The van der Waals surface area contributed by atoms with Gasteiger partial charge in [0.25, 0.3) is 0 Å². The highest BCUT2D eigenvalue weighted by atomic mass is 19.3. The van der Waals surface area contributed by atoms with Gasteiger partial charge in [-0.3, -0.25) is 4.79 Å². The van der Waals surface area contributed by atoms with Gasteiger partial charge in [0, 0.05) is 12.8 Å². The van der Waals surface area contributed by atoms with Gasteiger partial charge in [-0.25, -0.2) is 8.78 Å². The van der Waals surface area contributed by atoms with E-state index in [2.05, 4.69) is 5.32 Å². The van der Waals surface area contributed by atoms with Crippen LogP contribution in [0.4, 0.5) is 8.78 Å². The number of nitrogens with zero attached hydrogens (tertiary/aromatic N) is 1. The fraction of sp³-hybridized carbons (Fsp3) is 0.833. The molecule has 0 aromatic carbocycles. The van der Waals surface area contributed by atoms with Crippen molar-refractivity contribution in [3.63, 3.8) is 0 Å². The second-order valence-electron chi connectivity index (χ2n) is 5.50. The Kier molecular flexibility index (Phi) is 3.28. The average Bonchev–Trinajstić information content (AvgIpc) is 3.14. The van der Waals surface area contributed by atoms with E-state index >= 15 is 0 Å². The number of hydrogen-bond donors (Lipinski definition) is 2. The van der Waals surface area contributed by atoms with E-state index in [1.54, 1.807) is 0 Å². The van der Waals surface area contributed by atoms with Crippen molar-refractivity contribution >= 4 is 5.91 Å². The van der Waals surface area contributed by atoms with Crippen LogP contribution in [0, 0.1) is 17.2 Å². The molecule has 0 bridgehead atoms. The largest absolute Gasteiger partial charge is 0.336 e. The maximum absolute atomic E-state index is 13.5. The Balaban J connectivity index is 1.81. The molecule has 4 nitrogen and oxygen atoms in total. The molecule has 1 amide bonds. The standard InChI is InChI=1S/C12H17F2N3O/c13-12(14,5-8-1-2-8)6-9(16)10(18)17-11(7-15)3-4-11/h8-9H,1-6,16H2,(H,17,18)/t9-/m0/s1. The Morgan fingerprint density at radius 1 is 1.56 bits per heavy atom. The summed E-state index contributed by atoms with van der Waals surface area (Å²) in [5.74, 6) is -3.45. The third kappa shape index (κ3) is 3.39. The molecular formula is C12H17F2N3O. The molecule has 1 atom stereocenters. The van der Waals surface area contributed by atoms with Crippen LogP contribution in [0.15, 0.2) is 0 Å². The average molecular weight is 257 g/mol.